The van der Waals surface area contributed by atoms with Gasteiger partial charge in [-0.15, -0.1) is 0 Å². The predicted molar refractivity (Wildman–Crippen MR) is 80.2 cm³/mol. The van der Waals surface area contributed by atoms with Crippen LogP contribution in [0.15, 0.2) is 35.9 Å². The molecule has 0 bridgehead atoms. The van der Waals surface area contributed by atoms with Gasteiger partial charge in [-0.3, -0.25) is 14.0 Å². The second kappa shape index (κ2) is 5.12. The molecule has 0 saturated heterocycles. The van der Waals surface area contributed by atoms with Crippen molar-refractivity contribution in [2.24, 2.45) is 0 Å². The lowest BCUT2D eigenvalue weighted by atomic mass is 10.1. The molecule has 0 radical (unpaired) electrons. The van der Waals surface area contributed by atoms with Crippen molar-refractivity contribution in [2.75, 3.05) is 0 Å². The van der Waals surface area contributed by atoms with Crippen LogP contribution in [0.25, 0.3) is 10.9 Å². The molecule has 0 spiro atoms. The Morgan fingerprint density at radius 1 is 1.24 bits per heavy atom. The van der Waals surface area contributed by atoms with E-state index in [4.69, 9.17) is 0 Å². The van der Waals surface area contributed by atoms with Crippen LogP contribution in [0.5, 0.6) is 0 Å². The highest BCUT2D eigenvalue weighted by Gasteiger charge is 2.12. The van der Waals surface area contributed by atoms with Crippen molar-refractivity contribution < 1.29 is 0 Å². The first-order valence-corrected chi connectivity index (χ1v) is 6.87. The third kappa shape index (κ3) is 2.33. The van der Waals surface area contributed by atoms with Gasteiger partial charge in [-0.1, -0.05) is 6.07 Å². The average Bonchev–Trinajstić information content (AvgIpc) is 2.96. The largest absolute Gasteiger partial charge is 0.294 e. The number of nitrogens with zero attached hydrogens (tertiary/aromatic N) is 5. The van der Waals surface area contributed by atoms with Gasteiger partial charge < -0.3 is 0 Å². The van der Waals surface area contributed by atoms with Crippen LogP contribution in [0.4, 0.5) is 0 Å². The van der Waals surface area contributed by atoms with Crippen molar-refractivity contribution in [3.05, 3.63) is 52.6 Å². The second-order valence-corrected chi connectivity index (χ2v) is 5.33. The number of aryl methyl sites for hydroxylation is 2. The fourth-order valence-electron chi connectivity index (χ4n) is 2.45. The van der Waals surface area contributed by atoms with Gasteiger partial charge in [-0.25, -0.2) is 9.97 Å². The monoisotopic (exact) mass is 283 g/mol. The topological polar surface area (TPSA) is 65.6 Å². The molecule has 3 aromatic rings. The van der Waals surface area contributed by atoms with Crippen molar-refractivity contribution in [3.63, 3.8) is 0 Å². The summed E-state index contributed by atoms with van der Waals surface area (Å²) in [6.07, 6.45) is 4.75. The van der Waals surface area contributed by atoms with Crippen molar-refractivity contribution in [1.82, 2.24) is 24.3 Å². The molecule has 108 valence electrons. The van der Waals surface area contributed by atoms with Crippen LogP contribution < -0.4 is 5.56 Å². The molecule has 3 rings (SSSR count). The highest BCUT2D eigenvalue weighted by atomic mass is 16.1. The molecule has 1 atom stereocenters. The third-order valence-electron chi connectivity index (χ3n) is 3.87. The smallest absolute Gasteiger partial charge is 0.261 e. The molecule has 0 amide bonds. The minimum absolute atomic E-state index is 0.0179. The van der Waals surface area contributed by atoms with Crippen LogP contribution in [0.1, 0.15) is 24.1 Å². The maximum Gasteiger partial charge on any atom is 0.261 e. The number of fused-ring (bicyclic) bond motifs is 1. The van der Waals surface area contributed by atoms with E-state index in [0.29, 0.717) is 11.9 Å². The summed E-state index contributed by atoms with van der Waals surface area (Å²) in [5.41, 5.74) is 2.96. The highest BCUT2D eigenvalue weighted by molar-refractivity contribution is 5.81. The minimum Gasteiger partial charge on any atom is -0.294 e. The normalized spacial score (nSPS) is 12.7. The zero-order valence-corrected chi connectivity index (χ0v) is 12.3. The van der Waals surface area contributed by atoms with Gasteiger partial charge >= 0.3 is 0 Å². The van der Waals surface area contributed by atoms with Gasteiger partial charge in [0.1, 0.15) is 12.7 Å². The number of hydrogen-bond acceptors (Lipinski definition) is 4. The Kier molecular flexibility index (Phi) is 3.29. The Labute approximate surface area is 122 Å². The molecule has 2 aromatic heterocycles. The molecule has 1 aromatic carbocycles. The molecular weight excluding hydrogens is 266 g/mol. The van der Waals surface area contributed by atoms with Gasteiger partial charge in [0.2, 0.25) is 0 Å². The number of hydrogen-bond donors (Lipinski definition) is 0. The summed E-state index contributed by atoms with van der Waals surface area (Å²) in [7, 11) is 0. The summed E-state index contributed by atoms with van der Waals surface area (Å²) in [6, 6.07) is 3.77. The molecule has 0 aliphatic carbocycles. The second-order valence-electron chi connectivity index (χ2n) is 5.33. The van der Waals surface area contributed by atoms with Gasteiger partial charge in [0.25, 0.3) is 5.56 Å². The predicted octanol–water partition coefficient (Wildman–Crippen LogP) is 1.87. The van der Waals surface area contributed by atoms with Crippen LogP contribution >= 0.6 is 0 Å². The molecule has 0 saturated carbocycles. The Morgan fingerprint density at radius 2 is 2.05 bits per heavy atom. The number of benzene rings is 1. The first-order chi connectivity index (χ1) is 10.1. The quantitative estimate of drug-likeness (QED) is 0.736. The van der Waals surface area contributed by atoms with E-state index in [9.17, 15) is 4.79 Å². The van der Waals surface area contributed by atoms with E-state index < -0.39 is 0 Å². The van der Waals surface area contributed by atoms with Crippen LogP contribution in [-0.2, 0) is 6.54 Å². The van der Waals surface area contributed by atoms with Crippen molar-refractivity contribution >= 4 is 10.9 Å². The van der Waals surface area contributed by atoms with Gasteiger partial charge in [0.15, 0.2) is 0 Å². The number of aromatic nitrogens is 5. The SMILES string of the molecule is Cc1ccc2c(=O)n(C(C)Cn3cncn3)cnc2c1C. The lowest BCUT2D eigenvalue weighted by molar-refractivity contribution is 0.425. The molecule has 0 aliphatic heterocycles. The zero-order chi connectivity index (χ0) is 15.0. The van der Waals surface area contributed by atoms with E-state index in [1.54, 1.807) is 21.9 Å². The molecule has 21 heavy (non-hydrogen) atoms. The zero-order valence-electron chi connectivity index (χ0n) is 12.3. The lowest BCUT2D eigenvalue weighted by Crippen LogP contribution is -2.26. The summed E-state index contributed by atoms with van der Waals surface area (Å²) in [6.45, 7) is 6.57. The maximum atomic E-state index is 12.6. The van der Waals surface area contributed by atoms with Crippen molar-refractivity contribution in [3.8, 4) is 0 Å². The van der Waals surface area contributed by atoms with Crippen LogP contribution in [0, 0.1) is 13.8 Å². The lowest BCUT2D eigenvalue weighted by Gasteiger charge is -2.15. The van der Waals surface area contributed by atoms with Gasteiger partial charge in [0, 0.05) is 0 Å². The summed E-state index contributed by atoms with van der Waals surface area (Å²) >= 11 is 0. The fourth-order valence-corrected chi connectivity index (χ4v) is 2.45. The highest BCUT2D eigenvalue weighted by Crippen LogP contribution is 2.17. The van der Waals surface area contributed by atoms with Gasteiger partial charge in [-0.05, 0) is 38.0 Å². The first kappa shape index (κ1) is 13.5. The summed E-state index contributed by atoms with van der Waals surface area (Å²) in [5, 5.41) is 4.73. The molecule has 0 fully saturated rings. The molecule has 0 N–H and O–H groups in total. The van der Waals surface area contributed by atoms with Gasteiger partial charge in [0.05, 0.1) is 29.8 Å². The maximum absolute atomic E-state index is 12.6. The van der Waals surface area contributed by atoms with Gasteiger partial charge in [-0.2, -0.15) is 5.10 Å². The minimum atomic E-state index is -0.0438. The van der Waals surface area contributed by atoms with E-state index >= 15 is 0 Å². The van der Waals surface area contributed by atoms with Crippen molar-refractivity contribution in [1.29, 1.82) is 0 Å². The summed E-state index contributed by atoms with van der Waals surface area (Å²) in [5.74, 6) is 0. The Hall–Kier alpha value is -2.50. The van der Waals surface area contributed by atoms with E-state index in [0.717, 1.165) is 16.6 Å². The standard InChI is InChI=1S/C15H17N5O/c1-10-4-5-13-14(12(10)3)17-9-20(15(13)21)11(2)6-19-8-16-7-18-19/h4-5,7-9,11H,6H2,1-3H3. The third-order valence-corrected chi connectivity index (χ3v) is 3.87. The molecular formula is C15H17N5O. The molecule has 6 heteroatoms. The van der Waals surface area contributed by atoms with E-state index in [-0.39, 0.29) is 11.6 Å². The van der Waals surface area contributed by atoms with E-state index in [1.807, 2.05) is 32.9 Å². The van der Waals surface area contributed by atoms with E-state index in [1.165, 1.54) is 6.33 Å². The number of rotatable bonds is 3. The van der Waals surface area contributed by atoms with Crippen molar-refractivity contribution in [2.45, 2.75) is 33.4 Å². The molecule has 1 unspecified atom stereocenters. The molecule has 0 aliphatic rings. The Morgan fingerprint density at radius 3 is 2.76 bits per heavy atom. The average molecular weight is 283 g/mol. The Balaban J connectivity index is 2.06. The molecule has 6 nitrogen and oxygen atoms in total. The first-order valence-electron chi connectivity index (χ1n) is 6.87. The van der Waals surface area contributed by atoms with E-state index in [2.05, 4.69) is 15.1 Å². The Bertz CT molecular complexity index is 835. The summed E-state index contributed by atoms with van der Waals surface area (Å²) in [4.78, 5) is 21.0. The van der Waals surface area contributed by atoms with Crippen LogP contribution in [0.3, 0.4) is 0 Å². The van der Waals surface area contributed by atoms with Crippen LogP contribution in [-0.4, -0.2) is 24.3 Å². The fraction of sp³-hybridized carbons (Fsp3) is 0.333. The van der Waals surface area contributed by atoms with Crippen LogP contribution in [0.2, 0.25) is 0 Å². The molecule has 2 heterocycles. The summed E-state index contributed by atoms with van der Waals surface area (Å²) < 4.78 is 3.36.